The second kappa shape index (κ2) is 5.07. The summed E-state index contributed by atoms with van der Waals surface area (Å²) in [5.41, 5.74) is 0. The lowest BCUT2D eigenvalue weighted by Crippen LogP contribution is -2.27. The van der Waals surface area contributed by atoms with Crippen molar-refractivity contribution in [2.45, 2.75) is 25.7 Å². The fourth-order valence-electron chi connectivity index (χ4n) is 1.80. The van der Waals surface area contributed by atoms with Gasteiger partial charge in [0.2, 0.25) is 5.89 Å². The molecule has 0 saturated carbocycles. The maximum absolute atomic E-state index is 11.4. The van der Waals surface area contributed by atoms with Gasteiger partial charge < -0.3 is 15.2 Å². The van der Waals surface area contributed by atoms with E-state index in [9.17, 15) is 4.79 Å². The Kier molecular flexibility index (Phi) is 3.51. The number of hydrogen-bond acceptors (Lipinski definition) is 5. The van der Waals surface area contributed by atoms with Gasteiger partial charge in [0, 0.05) is 12.5 Å². The number of amides is 1. The third-order valence-corrected chi connectivity index (χ3v) is 2.67. The first kappa shape index (κ1) is 11.1. The molecule has 6 heteroatoms. The van der Waals surface area contributed by atoms with E-state index in [1.54, 1.807) is 0 Å². The van der Waals surface area contributed by atoms with Crippen LogP contribution in [-0.2, 0) is 0 Å². The summed E-state index contributed by atoms with van der Waals surface area (Å²) in [7, 11) is 0. The van der Waals surface area contributed by atoms with E-state index in [0.717, 1.165) is 25.9 Å². The molecular formula is C10H16N4O2. The summed E-state index contributed by atoms with van der Waals surface area (Å²) in [6.45, 7) is 4.34. The summed E-state index contributed by atoms with van der Waals surface area (Å²) >= 11 is 0. The molecule has 16 heavy (non-hydrogen) atoms. The zero-order valence-corrected chi connectivity index (χ0v) is 9.32. The van der Waals surface area contributed by atoms with Gasteiger partial charge in [-0.05, 0) is 32.9 Å². The van der Waals surface area contributed by atoms with Gasteiger partial charge in [0.1, 0.15) is 0 Å². The molecule has 0 radical (unpaired) electrons. The van der Waals surface area contributed by atoms with Gasteiger partial charge >= 0.3 is 0 Å². The van der Waals surface area contributed by atoms with E-state index in [-0.39, 0.29) is 17.6 Å². The number of carbonyl (C=O) groups is 1. The SMILES string of the molecule is CCNC(=O)c1noc(C2CCNCC2)n1. The standard InChI is InChI=1S/C10H16N4O2/c1-2-12-9(15)8-13-10(16-14-8)7-3-5-11-6-4-7/h7,11H,2-6H2,1H3,(H,12,15). The minimum atomic E-state index is -0.272. The molecule has 1 aromatic rings. The van der Waals surface area contributed by atoms with Crippen LogP contribution in [0, 0.1) is 0 Å². The maximum atomic E-state index is 11.4. The van der Waals surface area contributed by atoms with Gasteiger partial charge in [-0.3, -0.25) is 4.79 Å². The molecule has 88 valence electrons. The highest BCUT2D eigenvalue weighted by Crippen LogP contribution is 2.23. The van der Waals surface area contributed by atoms with E-state index >= 15 is 0 Å². The van der Waals surface area contributed by atoms with Crippen molar-refractivity contribution < 1.29 is 9.32 Å². The molecule has 2 heterocycles. The molecule has 1 aliphatic heterocycles. The van der Waals surface area contributed by atoms with Crippen molar-refractivity contribution in [3.05, 3.63) is 11.7 Å². The van der Waals surface area contributed by atoms with Crippen LogP contribution in [0.5, 0.6) is 0 Å². The topological polar surface area (TPSA) is 80.0 Å². The smallest absolute Gasteiger partial charge is 0.292 e. The van der Waals surface area contributed by atoms with Gasteiger partial charge in [0.25, 0.3) is 11.7 Å². The first-order chi connectivity index (χ1) is 7.81. The molecule has 2 rings (SSSR count). The minimum Gasteiger partial charge on any atom is -0.349 e. The Morgan fingerprint density at radius 3 is 3.00 bits per heavy atom. The van der Waals surface area contributed by atoms with Crippen molar-refractivity contribution in [1.82, 2.24) is 20.8 Å². The molecule has 0 aliphatic carbocycles. The van der Waals surface area contributed by atoms with Crippen LogP contribution < -0.4 is 10.6 Å². The molecule has 1 aromatic heterocycles. The molecule has 2 N–H and O–H groups in total. The summed E-state index contributed by atoms with van der Waals surface area (Å²) < 4.78 is 5.12. The Labute approximate surface area is 93.8 Å². The third-order valence-electron chi connectivity index (χ3n) is 2.67. The van der Waals surface area contributed by atoms with Gasteiger partial charge in [0.05, 0.1) is 0 Å². The van der Waals surface area contributed by atoms with Gasteiger partial charge in [-0.15, -0.1) is 0 Å². The van der Waals surface area contributed by atoms with E-state index in [2.05, 4.69) is 20.8 Å². The van der Waals surface area contributed by atoms with Crippen LogP contribution in [0.4, 0.5) is 0 Å². The lowest BCUT2D eigenvalue weighted by atomic mass is 9.98. The molecular weight excluding hydrogens is 208 g/mol. The normalized spacial score (nSPS) is 17.3. The highest BCUT2D eigenvalue weighted by Gasteiger charge is 2.23. The molecule has 1 saturated heterocycles. The quantitative estimate of drug-likeness (QED) is 0.771. The first-order valence-electron chi connectivity index (χ1n) is 5.63. The van der Waals surface area contributed by atoms with Crippen LogP contribution in [0.2, 0.25) is 0 Å². The van der Waals surface area contributed by atoms with Gasteiger partial charge in [-0.1, -0.05) is 5.16 Å². The van der Waals surface area contributed by atoms with Crippen molar-refractivity contribution in [2.24, 2.45) is 0 Å². The number of nitrogens with zero attached hydrogens (tertiary/aromatic N) is 2. The molecule has 0 aromatic carbocycles. The number of nitrogens with one attached hydrogen (secondary N) is 2. The van der Waals surface area contributed by atoms with Crippen molar-refractivity contribution >= 4 is 5.91 Å². The summed E-state index contributed by atoms with van der Waals surface area (Å²) in [5, 5.41) is 9.60. The summed E-state index contributed by atoms with van der Waals surface area (Å²) in [6, 6.07) is 0. The van der Waals surface area contributed by atoms with Crippen LogP contribution in [0.3, 0.4) is 0 Å². The molecule has 0 unspecified atom stereocenters. The maximum Gasteiger partial charge on any atom is 0.292 e. The Bertz CT molecular complexity index is 357. The molecule has 6 nitrogen and oxygen atoms in total. The molecule has 0 bridgehead atoms. The molecule has 0 atom stereocenters. The van der Waals surface area contributed by atoms with Crippen LogP contribution in [0.15, 0.2) is 4.52 Å². The van der Waals surface area contributed by atoms with Crippen LogP contribution >= 0.6 is 0 Å². The number of rotatable bonds is 3. The summed E-state index contributed by atoms with van der Waals surface area (Å²) in [4.78, 5) is 15.6. The third kappa shape index (κ3) is 2.38. The average molecular weight is 224 g/mol. The predicted octanol–water partition coefficient (Wildman–Crippen LogP) is 0.286. The van der Waals surface area contributed by atoms with Crippen molar-refractivity contribution in [1.29, 1.82) is 0 Å². The number of aromatic nitrogens is 2. The van der Waals surface area contributed by atoms with Gasteiger partial charge in [0.15, 0.2) is 0 Å². The first-order valence-corrected chi connectivity index (χ1v) is 5.63. The van der Waals surface area contributed by atoms with E-state index < -0.39 is 0 Å². The lowest BCUT2D eigenvalue weighted by molar-refractivity contribution is 0.0942. The molecule has 0 spiro atoms. The lowest BCUT2D eigenvalue weighted by Gasteiger charge is -2.18. The number of carbonyl (C=O) groups excluding carboxylic acids is 1. The van der Waals surface area contributed by atoms with Gasteiger partial charge in [-0.2, -0.15) is 4.98 Å². The Balaban J connectivity index is 2.03. The molecule has 1 aliphatic rings. The van der Waals surface area contributed by atoms with E-state index in [1.807, 2.05) is 6.92 Å². The fourth-order valence-corrected chi connectivity index (χ4v) is 1.80. The number of hydrogen-bond donors (Lipinski definition) is 2. The van der Waals surface area contributed by atoms with E-state index in [0.29, 0.717) is 12.4 Å². The summed E-state index contributed by atoms with van der Waals surface area (Å²) in [6.07, 6.45) is 1.97. The number of piperidine rings is 1. The zero-order chi connectivity index (χ0) is 11.4. The van der Waals surface area contributed by atoms with Crippen molar-refractivity contribution in [2.75, 3.05) is 19.6 Å². The highest BCUT2D eigenvalue weighted by molar-refractivity contribution is 5.90. The van der Waals surface area contributed by atoms with Crippen LogP contribution in [-0.4, -0.2) is 35.7 Å². The predicted molar refractivity (Wildman–Crippen MR) is 57.1 cm³/mol. The van der Waals surface area contributed by atoms with Crippen LogP contribution in [0.25, 0.3) is 0 Å². The Morgan fingerprint density at radius 2 is 2.31 bits per heavy atom. The largest absolute Gasteiger partial charge is 0.349 e. The average Bonchev–Trinajstić information content (AvgIpc) is 2.80. The zero-order valence-electron chi connectivity index (χ0n) is 9.32. The Hall–Kier alpha value is -1.43. The molecule has 1 fully saturated rings. The highest BCUT2D eigenvalue weighted by atomic mass is 16.5. The van der Waals surface area contributed by atoms with Crippen molar-refractivity contribution in [3.63, 3.8) is 0 Å². The van der Waals surface area contributed by atoms with E-state index in [4.69, 9.17) is 4.52 Å². The van der Waals surface area contributed by atoms with Gasteiger partial charge in [-0.25, -0.2) is 0 Å². The Morgan fingerprint density at radius 1 is 1.56 bits per heavy atom. The monoisotopic (exact) mass is 224 g/mol. The fraction of sp³-hybridized carbons (Fsp3) is 0.700. The van der Waals surface area contributed by atoms with Crippen molar-refractivity contribution in [3.8, 4) is 0 Å². The van der Waals surface area contributed by atoms with Crippen LogP contribution in [0.1, 0.15) is 42.2 Å². The second-order valence-corrected chi connectivity index (χ2v) is 3.84. The van der Waals surface area contributed by atoms with E-state index in [1.165, 1.54) is 0 Å². The molecule has 1 amide bonds. The summed E-state index contributed by atoms with van der Waals surface area (Å²) in [5.74, 6) is 0.737. The minimum absolute atomic E-state index is 0.135. The second-order valence-electron chi connectivity index (χ2n) is 3.84.